The van der Waals surface area contributed by atoms with Crippen LogP contribution in [-0.4, -0.2) is 28.9 Å². The number of hydrogen-bond donors (Lipinski definition) is 3. The fourth-order valence-electron chi connectivity index (χ4n) is 2.60. The molecule has 152 valence electrons. The van der Waals surface area contributed by atoms with E-state index in [-0.39, 0.29) is 18.0 Å². The summed E-state index contributed by atoms with van der Waals surface area (Å²) in [6.07, 6.45) is 1.79. The zero-order valence-electron chi connectivity index (χ0n) is 16.2. The molecule has 6 nitrogen and oxygen atoms in total. The van der Waals surface area contributed by atoms with Gasteiger partial charge in [-0.15, -0.1) is 0 Å². The van der Waals surface area contributed by atoms with Crippen LogP contribution < -0.4 is 10.6 Å². The minimum Gasteiger partial charge on any atom is -0.480 e. The molecule has 0 aliphatic rings. The Morgan fingerprint density at radius 1 is 1.03 bits per heavy atom. The molecule has 0 saturated heterocycles. The standard InChI is InChI=1S/C22H23BrN2O4/c1-14(2)12-19(22(28)29)25-21(27)18(13-15-8-10-17(23)11-9-15)24-20(26)16-6-4-3-5-7-16/h3-11,13-14,19H,12H2,1-2H3,(H,24,26)(H,25,27)(H,28,29)/b18-13-/t19-/m0/s1. The average Bonchev–Trinajstić information content (AvgIpc) is 2.68. The van der Waals surface area contributed by atoms with Gasteiger partial charge in [0.1, 0.15) is 11.7 Å². The Bertz CT molecular complexity index is 893. The van der Waals surface area contributed by atoms with Gasteiger partial charge in [0, 0.05) is 10.0 Å². The Kier molecular flexibility index (Phi) is 8.15. The van der Waals surface area contributed by atoms with Gasteiger partial charge in [-0.25, -0.2) is 4.79 Å². The molecule has 2 aromatic rings. The number of hydrogen-bond acceptors (Lipinski definition) is 3. The van der Waals surface area contributed by atoms with Gasteiger partial charge in [0.25, 0.3) is 11.8 Å². The van der Waals surface area contributed by atoms with Gasteiger partial charge in [-0.2, -0.15) is 0 Å². The van der Waals surface area contributed by atoms with E-state index in [1.165, 1.54) is 6.08 Å². The summed E-state index contributed by atoms with van der Waals surface area (Å²) in [4.78, 5) is 36.9. The van der Waals surface area contributed by atoms with Gasteiger partial charge in [0.2, 0.25) is 0 Å². The summed E-state index contributed by atoms with van der Waals surface area (Å²) in [6, 6.07) is 14.6. The molecule has 0 heterocycles. The summed E-state index contributed by atoms with van der Waals surface area (Å²) in [5.41, 5.74) is 1.04. The third kappa shape index (κ3) is 7.19. The van der Waals surface area contributed by atoms with Crippen LogP contribution in [0, 0.1) is 5.92 Å². The molecule has 0 unspecified atom stereocenters. The summed E-state index contributed by atoms with van der Waals surface area (Å²) in [6.45, 7) is 3.75. The Hall–Kier alpha value is -2.93. The minimum atomic E-state index is -1.12. The second-order valence-electron chi connectivity index (χ2n) is 6.92. The lowest BCUT2D eigenvalue weighted by atomic mass is 10.0. The van der Waals surface area contributed by atoms with Gasteiger partial charge in [-0.3, -0.25) is 9.59 Å². The number of carbonyl (C=O) groups is 3. The zero-order chi connectivity index (χ0) is 21.4. The third-order valence-corrected chi connectivity index (χ3v) is 4.55. The molecule has 3 N–H and O–H groups in total. The molecule has 2 rings (SSSR count). The number of rotatable bonds is 8. The predicted octanol–water partition coefficient (Wildman–Crippen LogP) is 3.84. The summed E-state index contributed by atoms with van der Waals surface area (Å²) in [7, 11) is 0. The number of carboxylic acid groups (broad SMARTS) is 1. The van der Waals surface area contributed by atoms with E-state index in [4.69, 9.17) is 0 Å². The summed E-state index contributed by atoms with van der Waals surface area (Å²) in [5, 5.41) is 14.5. The molecule has 0 radical (unpaired) electrons. The largest absolute Gasteiger partial charge is 0.480 e. The first-order valence-corrected chi connectivity index (χ1v) is 9.93. The first kappa shape index (κ1) is 22.4. The first-order chi connectivity index (χ1) is 13.8. The van der Waals surface area contributed by atoms with Crippen molar-refractivity contribution in [1.82, 2.24) is 10.6 Å². The quantitative estimate of drug-likeness (QED) is 0.523. The van der Waals surface area contributed by atoms with E-state index in [0.29, 0.717) is 11.1 Å². The fraction of sp³-hybridized carbons (Fsp3) is 0.227. The van der Waals surface area contributed by atoms with Gasteiger partial charge < -0.3 is 15.7 Å². The van der Waals surface area contributed by atoms with Crippen molar-refractivity contribution in [3.63, 3.8) is 0 Å². The molecule has 1 atom stereocenters. The topological polar surface area (TPSA) is 95.5 Å². The lowest BCUT2D eigenvalue weighted by Crippen LogP contribution is -2.45. The molecule has 29 heavy (non-hydrogen) atoms. The third-order valence-electron chi connectivity index (χ3n) is 4.02. The highest BCUT2D eigenvalue weighted by Crippen LogP contribution is 2.14. The van der Waals surface area contributed by atoms with E-state index in [2.05, 4.69) is 26.6 Å². The maximum absolute atomic E-state index is 12.8. The Balaban J connectivity index is 2.30. The number of halogens is 1. The van der Waals surface area contributed by atoms with Crippen molar-refractivity contribution >= 4 is 39.8 Å². The zero-order valence-corrected chi connectivity index (χ0v) is 17.8. The van der Waals surface area contributed by atoms with Gasteiger partial charge in [0.05, 0.1) is 0 Å². The highest BCUT2D eigenvalue weighted by atomic mass is 79.9. The van der Waals surface area contributed by atoms with E-state index in [9.17, 15) is 19.5 Å². The van der Waals surface area contributed by atoms with E-state index < -0.39 is 23.8 Å². The van der Waals surface area contributed by atoms with Crippen molar-refractivity contribution in [1.29, 1.82) is 0 Å². The monoisotopic (exact) mass is 458 g/mol. The van der Waals surface area contributed by atoms with Gasteiger partial charge in [-0.05, 0) is 48.2 Å². The van der Waals surface area contributed by atoms with Crippen molar-refractivity contribution in [2.45, 2.75) is 26.3 Å². The normalized spacial score (nSPS) is 12.3. The highest BCUT2D eigenvalue weighted by molar-refractivity contribution is 9.10. The maximum Gasteiger partial charge on any atom is 0.326 e. The van der Waals surface area contributed by atoms with Crippen LogP contribution in [0.15, 0.2) is 64.8 Å². The van der Waals surface area contributed by atoms with Crippen molar-refractivity contribution in [2.75, 3.05) is 0 Å². The van der Waals surface area contributed by atoms with Gasteiger partial charge in [0.15, 0.2) is 0 Å². The number of amides is 2. The first-order valence-electron chi connectivity index (χ1n) is 9.13. The highest BCUT2D eigenvalue weighted by Gasteiger charge is 2.24. The van der Waals surface area contributed by atoms with Crippen molar-refractivity contribution < 1.29 is 19.5 Å². The predicted molar refractivity (Wildman–Crippen MR) is 115 cm³/mol. The van der Waals surface area contributed by atoms with Crippen molar-refractivity contribution in [3.05, 3.63) is 75.9 Å². The van der Waals surface area contributed by atoms with Crippen LogP contribution in [-0.2, 0) is 9.59 Å². The lowest BCUT2D eigenvalue weighted by Gasteiger charge is -2.18. The molecule has 0 aliphatic carbocycles. The van der Waals surface area contributed by atoms with Gasteiger partial charge in [-0.1, -0.05) is 60.1 Å². The molecule has 0 spiro atoms. The summed E-state index contributed by atoms with van der Waals surface area (Å²) >= 11 is 3.35. The molecule has 0 bridgehead atoms. The SMILES string of the molecule is CC(C)C[C@H](NC(=O)/C(=C/c1ccc(Br)cc1)NC(=O)c1ccccc1)C(=O)O. The Morgan fingerprint density at radius 2 is 1.66 bits per heavy atom. The number of carbonyl (C=O) groups excluding carboxylic acids is 2. The number of carboxylic acids is 1. The lowest BCUT2D eigenvalue weighted by molar-refractivity contribution is -0.141. The van der Waals surface area contributed by atoms with Crippen molar-refractivity contribution in [3.8, 4) is 0 Å². The van der Waals surface area contributed by atoms with Crippen LogP contribution in [0.5, 0.6) is 0 Å². The molecule has 2 aromatic carbocycles. The smallest absolute Gasteiger partial charge is 0.326 e. The molecule has 0 saturated carbocycles. The number of benzene rings is 2. The average molecular weight is 459 g/mol. The van der Waals surface area contributed by atoms with Crippen LogP contribution in [0.25, 0.3) is 6.08 Å². The van der Waals surface area contributed by atoms with Crippen molar-refractivity contribution in [2.24, 2.45) is 5.92 Å². The van der Waals surface area contributed by atoms with E-state index in [1.807, 2.05) is 13.8 Å². The van der Waals surface area contributed by atoms with Crippen LogP contribution in [0.4, 0.5) is 0 Å². The maximum atomic E-state index is 12.8. The van der Waals surface area contributed by atoms with Crippen LogP contribution in [0.1, 0.15) is 36.2 Å². The molecule has 0 fully saturated rings. The molecule has 7 heteroatoms. The Morgan fingerprint density at radius 3 is 2.21 bits per heavy atom. The van der Waals surface area contributed by atoms with E-state index >= 15 is 0 Å². The molecule has 0 aliphatic heterocycles. The van der Waals surface area contributed by atoms with E-state index in [1.54, 1.807) is 54.6 Å². The molecular formula is C22H23BrN2O4. The molecule has 0 aromatic heterocycles. The second kappa shape index (κ2) is 10.6. The number of nitrogens with one attached hydrogen (secondary N) is 2. The second-order valence-corrected chi connectivity index (χ2v) is 7.84. The Labute approximate surface area is 178 Å². The minimum absolute atomic E-state index is 0.0313. The van der Waals surface area contributed by atoms with Gasteiger partial charge >= 0.3 is 5.97 Å². The van der Waals surface area contributed by atoms with E-state index in [0.717, 1.165) is 4.47 Å². The fourth-order valence-corrected chi connectivity index (χ4v) is 2.86. The summed E-state index contributed by atoms with van der Waals surface area (Å²) < 4.78 is 0.872. The number of aliphatic carboxylic acids is 1. The van der Waals surface area contributed by atoms with Crippen LogP contribution in [0.3, 0.4) is 0 Å². The summed E-state index contributed by atoms with van der Waals surface area (Å²) in [5.74, 6) is -2.16. The molecular weight excluding hydrogens is 436 g/mol. The molecule has 2 amide bonds. The van der Waals surface area contributed by atoms with Crippen LogP contribution >= 0.6 is 15.9 Å². The van der Waals surface area contributed by atoms with Crippen LogP contribution in [0.2, 0.25) is 0 Å².